The molecule has 1 saturated heterocycles. The number of benzene rings is 1. The first-order chi connectivity index (χ1) is 9.15. The Bertz CT molecular complexity index is 454. The van der Waals surface area contributed by atoms with E-state index >= 15 is 0 Å². The molecule has 2 aliphatic rings. The summed E-state index contributed by atoms with van der Waals surface area (Å²) >= 11 is 12.4. The Hall–Kier alpha value is -0.510. The minimum absolute atomic E-state index is 0.384. The minimum atomic E-state index is -0.384. The lowest BCUT2D eigenvalue weighted by Gasteiger charge is -2.28. The summed E-state index contributed by atoms with van der Waals surface area (Å²) < 4.78 is 13.3. The molecule has 1 aliphatic carbocycles. The molecule has 0 radical (unpaired) electrons. The lowest BCUT2D eigenvalue weighted by atomic mass is 10.1. The highest BCUT2D eigenvalue weighted by molar-refractivity contribution is 6.39. The number of anilines is 1. The number of hydrogen-bond donors (Lipinski definition) is 1. The monoisotopic (exact) mass is 302 g/mol. The summed E-state index contributed by atoms with van der Waals surface area (Å²) in [7, 11) is 0. The molecule has 104 valence electrons. The second-order valence-electron chi connectivity index (χ2n) is 5.42. The van der Waals surface area contributed by atoms with Crippen molar-refractivity contribution in [3.8, 4) is 0 Å². The van der Waals surface area contributed by atoms with E-state index in [1.165, 1.54) is 25.0 Å². The second-order valence-corrected chi connectivity index (χ2v) is 6.23. The van der Waals surface area contributed by atoms with E-state index in [0.29, 0.717) is 16.1 Å². The van der Waals surface area contributed by atoms with E-state index in [9.17, 15) is 4.39 Å². The molecule has 1 saturated carbocycles. The highest BCUT2D eigenvalue weighted by atomic mass is 35.5. The highest BCUT2D eigenvalue weighted by Crippen LogP contribution is 2.38. The van der Waals surface area contributed by atoms with E-state index in [-0.39, 0.29) is 5.82 Å². The number of hydrogen-bond acceptors (Lipinski definition) is 2. The van der Waals surface area contributed by atoms with Crippen LogP contribution >= 0.6 is 23.2 Å². The average molecular weight is 303 g/mol. The lowest BCUT2D eigenvalue weighted by Crippen LogP contribution is -2.39. The average Bonchev–Trinajstić information content (AvgIpc) is 3.14. The quantitative estimate of drug-likeness (QED) is 0.896. The maximum absolute atomic E-state index is 13.3. The Balaban J connectivity index is 1.87. The van der Waals surface area contributed by atoms with Gasteiger partial charge in [0.05, 0.1) is 15.7 Å². The number of halogens is 3. The molecule has 1 aromatic carbocycles. The Morgan fingerprint density at radius 3 is 2.53 bits per heavy atom. The standard InChI is InChI=1S/C14H17Cl2FN2/c15-11-6-10(17)7-12(16)14(11)19-5-1-4-18-13(8-19)9-2-3-9/h6-7,9,13,18H,1-5,8H2. The molecule has 1 unspecified atom stereocenters. The van der Waals surface area contributed by atoms with Gasteiger partial charge in [-0.25, -0.2) is 4.39 Å². The van der Waals surface area contributed by atoms with Gasteiger partial charge in [-0.05, 0) is 43.9 Å². The first kappa shape index (κ1) is 13.5. The molecule has 2 nitrogen and oxygen atoms in total. The van der Waals surface area contributed by atoms with Gasteiger partial charge in [0, 0.05) is 19.1 Å². The lowest BCUT2D eigenvalue weighted by molar-refractivity contribution is 0.490. The van der Waals surface area contributed by atoms with Gasteiger partial charge in [-0.1, -0.05) is 23.2 Å². The van der Waals surface area contributed by atoms with Crippen molar-refractivity contribution in [2.24, 2.45) is 5.92 Å². The van der Waals surface area contributed by atoms with Crippen molar-refractivity contribution in [2.75, 3.05) is 24.5 Å². The predicted octanol–water partition coefficient (Wildman–Crippen LogP) is 3.71. The van der Waals surface area contributed by atoms with E-state index in [1.807, 2.05) is 0 Å². The van der Waals surface area contributed by atoms with Gasteiger partial charge in [0.1, 0.15) is 5.82 Å². The van der Waals surface area contributed by atoms with Crippen molar-refractivity contribution in [3.05, 3.63) is 28.0 Å². The molecule has 2 fully saturated rings. The topological polar surface area (TPSA) is 15.3 Å². The van der Waals surface area contributed by atoms with Crippen LogP contribution in [-0.2, 0) is 0 Å². The summed E-state index contributed by atoms with van der Waals surface area (Å²) in [4.78, 5) is 2.20. The fraction of sp³-hybridized carbons (Fsp3) is 0.571. The summed E-state index contributed by atoms with van der Waals surface area (Å²) in [5, 5.41) is 4.40. The van der Waals surface area contributed by atoms with Crippen LogP contribution in [0.4, 0.5) is 10.1 Å². The van der Waals surface area contributed by atoms with E-state index < -0.39 is 0 Å². The molecular formula is C14H17Cl2FN2. The molecule has 0 amide bonds. The molecule has 5 heteroatoms. The van der Waals surface area contributed by atoms with Crippen LogP contribution in [0.5, 0.6) is 0 Å². The molecule has 1 N–H and O–H groups in total. The predicted molar refractivity (Wildman–Crippen MR) is 77.8 cm³/mol. The Labute approximate surface area is 122 Å². The third kappa shape index (κ3) is 2.99. The van der Waals surface area contributed by atoms with Gasteiger partial charge in [-0.3, -0.25) is 0 Å². The number of nitrogens with one attached hydrogen (secondary N) is 1. The highest BCUT2D eigenvalue weighted by Gasteiger charge is 2.33. The molecule has 0 aromatic heterocycles. The normalized spacial score (nSPS) is 24.4. The number of rotatable bonds is 2. The molecule has 1 atom stereocenters. The third-order valence-corrected chi connectivity index (χ3v) is 4.49. The van der Waals surface area contributed by atoms with Crippen molar-refractivity contribution in [3.63, 3.8) is 0 Å². The Kier molecular flexibility index (Phi) is 3.88. The maximum atomic E-state index is 13.3. The van der Waals surface area contributed by atoms with Gasteiger partial charge in [0.15, 0.2) is 0 Å². The van der Waals surface area contributed by atoms with Crippen LogP contribution in [0, 0.1) is 11.7 Å². The zero-order valence-electron chi connectivity index (χ0n) is 10.6. The van der Waals surface area contributed by atoms with Crippen molar-refractivity contribution >= 4 is 28.9 Å². The molecule has 1 heterocycles. The molecule has 0 bridgehead atoms. The maximum Gasteiger partial charge on any atom is 0.126 e. The van der Waals surface area contributed by atoms with Crippen LogP contribution in [0.1, 0.15) is 19.3 Å². The Morgan fingerprint density at radius 2 is 1.89 bits per heavy atom. The van der Waals surface area contributed by atoms with Crippen LogP contribution in [0.25, 0.3) is 0 Å². The first-order valence-corrected chi connectivity index (χ1v) is 7.53. The van der Waals surface area contributed by atoms with Gasteiger partial charge >= 0.3 is 0 Å². The smallest absolute Gasteiger partial charge is 0.126 e. The first-order valence-electron chi connectivity index (χ1n) is 6.78. The second kappa shape index (κ2) is 5.47. The zero-order valence-corrected chi connectivity index (χ0v) is 12.1. The largest absolute Gasteiger partial charge is 0.368 e. The fourth-order valence-electron chi connectivity index (χ4n) is 2.80. The van der Waals surface area contributed by atoms with Gasteiger partial charge in [-0.15, -0.1) is 0 Å². The van der Waals surface area contributed by atoms with Gasteiger partial charge < -0.3 is 10.2 Å². The summed E-state index contributed by atoms with van der Waals surface area (Å²) in [5.41, 5.74) is 0.777. The van der Waals surface area contributed by atoms with Gasteiger partial charge in [-0.2, -0.15) is 0 Å². The third-order valence-electron chi connectivity index (χ3n) is 3.92. The summed E-state index contributed by atoms with van der Waals surface area (Å²) in [5.74, 6) is 0.393. The molecule has 19 heavy (non-hydrogen) atoms. The van der Waals surface area contributed by atoms with Crippen LogP contribution < -0.4 is 10.2 Å². The molecule has 1 aliphatic heterocycles. The molecule has 0 spiro atoms. The van der Waals surface area contributed by atoms with E-state index in [2.05, 4.69) is 10.2 Å². The van der Waals surface area contributed by atoms with E-state index in [0.717, 1.165) is 37.7 Å². The fourth-order valence-corrected chi connectivity index (χ4v) is 3.50. The zero-order chi connectivity index (χ0) is 13.4. The molecular weight excluding hydrogens is 286 g/mol. The van der Waals surface area contributed by atoms with E-state index in [4.69, 9.17) is 23.2 Å². The van der Waals surface area contributed by atoms with Gasteiger partial charge in [0.2, 0.25) is 0 Å². The van der Waals surface area contributed by atoms with E-state index in [1.54, 1.807) is 0 Å². The van der Waals surface area contributed by atoms with Crippen molar-refractivity contribution < 1.29 is 4.39 Å². The van der Waals surface area contributed by atoms with Crippen LogP contribution in [0.2, 0.25) is 10.0 Å². The number of nitrogens with zero attached hydrogens (tertiary/aromatic N) is 1. The van der Waals surface area contributed by atoms with Crippen molar-refractivity contribution in [1.29, 1.82) is 0 Å². The molecule has 3 rings (SSSR count). The molecule has 1 aromatic rings. The van der Waals surface area contributed by atoms with Crippen molar-refractivity contribution in [2.45, 2.75) is 25.3 Å². The van der Waals surface area contributed by atoms with Crippen LogP contribution in [0.15, 0.2) is 12.1 Å². The van der Waals surface area contributed by atoms with Crippen LogP contribution in [0.3, 0.4) is 0 Å². The van der Waals surface area contributed by atoms with Gasteiger partial charge in [0.25, 0.3) is 0 Å². The van der Waals surface area contributed by atoms with Crippen LogP contribution in [-0.4, -0.2) is 25.7 Å². The Morgan fingerprint density at radius 1 is 1.21 bits per heavy atom. The SMILES string of the molecule is Fc1cc(Cl)c(N2CCCNC(C3CC3)C2)c(Cl)c1. The van der Waals surface area contributed by atoms with Crippen molar-refractivity contribution in [1.82, 2.24) is 5.32 Å². The minimum Gasteiger partial charge on any atom is -0.368 e. The summed E-state index contributed by atoms with van der Waals surface area (Å²) in [6.45, 7) is 2.82. The summed E-state index contributed by atoms with van der Waals surface area (Å²) in [6, 6.07) is 3.18. The summed E-state index contributed by atoms with van der Waals surface area (Å²) in [6.07, 6.45) is 3.65.